The number of sulfonamides is 1. The van der Waals surface area contributed by atoms with Crippen molar-refractivity contribution >= 4 is 27.6 Å². The van der Waals surface area contributed by atoms with Crippen molar-refractivity contribution in [3.63, 3.8) is 0 Å². The number of esters is 1. The van der Waals surface area contributed by atoms with Crippen LogP contribution in [0.25, 0.3) is 0 Å². The van der Waals surface area contributed by atoms with Crippen LogP contribution >= 0.6 is 0 Å². The second-order valence-electron chi connectivity index (χ2n) is 7.01. The van der Waals surface area contributed by atoms with E-state index in [2.05, 4.69) is 10.0 Å². The smallest absolute Gasteiger partial charge is 0.338 e. The lowest BCUT2D eigenvalue weighted by atomic mass is 10.2. The van der Waals surface area contributed by atoms with Crippen LogP contribution in [0.3, 0.4) is 0 Å². The molecule has 0 radical (unpaired) electrons. The molecule has 2 aromatic carbocycles. The number of fused-ring (bicyclic) bond motifs is 1. The zero-order valence-electron chi connectivity index (χ0n) is 17.8. The SMILES string of the molecule is CCOC(=O)c1ccc(NC(=O)CCCNS(=O)(=O)c2ccc3c(c2)OCCCO3)cc1. The largest absolute Gasteiger partial charge is 0.490 e. The van der Waals surface area contributed by atoms with Gasteiger partial charge in [-0.3, -0.25) is 4.79 Å². The Morgan fingerprint density at radius 2 is 1.75 bits per heavy atom. The van der Waals surface area contributed by atoms with Crippen LogP contribution < -0.4 is 19.5 Å². The van der Waals surface area contributed by atoms with Gasteiger partial charge < -0.3 is 19.5 Å². The summed E-state index contributed by atoms with van der Waals surface area (Å²) in [5.74, 6) is 0.238. The van der Waals surface area contributed by atoms with Crippen LogP contribution in [-0.2, 0) is 19.6 Å². The first-order valence-corrected chi connectivity index (χ1v) is 11.8. The maximum atomic E-state index is 12.5. The zero-order valence-corrected chi connectivity index (χ0v) is 18.6. The Kier molecular flexibility index (Phi) is 8.07. The average Bonchev–Trinajstić information content (AvgIpc) is 3.02. The lowest BCUT2D eigenvalue weighted by Crippen LogP contribution is -2.25. The maximum absolute atomic E-state index is 12.5. The fraction of sp³-hybridized carbons (Fsp3) is 0.364. The molecule has 9 nitrogen and oxygen atoms in total. The normalized spacial score (nSPS) is 13.2. The molecule has 0 atom stereocenters. The molecule has 172 valence electrons. The molecule has 1 amide bonds. The van der Waals surface area contributed by atoms with Gasteiger partial charge >= 0.3 is 5.97 Å². The molecule has 1 aliphatic heterocycles. The predicted molar refractivity (Wildman–Crippen MR) is 117 cm³/mol. The highest BCUT2D eigenvalue weighted by Crippen LogP contribution is 2.31. The van der Waals surface area contributed by atoms with Gasteiger partial charge in [0.05, 0.1) is 30.3 Å². The summed E-state index contributed by atoms with van der Waals surface area (Å²) in [7, 11) is -3.74. The molecular weight excluding hydrogens is 436 g/mol. The number of carbonyl (C=O) groups is 2. The molecule has 32 heavy (non-hydrogen) atoms. The van der Waals surface area contributed by atoms with E-state index in [1.807, 2.05) is 0 Å². The zero-order chi connectivity index (χ0) is 23.0. The van der Waals surface area contributed by atoms with Gasteiger partial charge in [0.2, 0.25) is 15.9 Å². The minimum atomic E-state index is -3.74. The molecule has 0 aliphatic carbocycles. The van der Waals surface area contributed by atoms with E-state index in [-0.39, 0.29) is 30.4 Å². The average molecular weight is 463 g/mol. The van der Waals surface area contributed by atoms with Crippen molar-refractivity contribution < 1.29 is 32.2 Å². The van der Waals surface area contributed by atoms with Gasteiger partial charge in [-0.1, -0.05) is 0 Å². The number of anilines is 1. The summed E-state index contributed by atoms with van der Waals surface area (Å²) in [6.45, 7) is 3.10. The summed E-state index contributed by atoms with van der Waals surface area (Å²) < 4.78 is 43.5. The van der Waals surface area contributed by atoms with E-state index >= 15 is 0 Å². The molecule has 0 spiro atoms. The first kappa shape index (κ1) is 23.6. The molecule has 0 bridgehead atoms. The van der Waals surface area contributed by atoms with E-state index in [1.165, 1.54) is 12.1 Å². The van der Waals surface area contributed by atoms with E-state index < -0.39 is 16.0 Å². The number of ether oxygens (including phenoxy) is 3. The molecule has 2 aromatic rings. The fourth-order valence-electron chi connectivity index (χ4n) is 2.98. The number of hydrogen-bond donors (Lipinski definition) is 2. The monoisotopic (exact) mass is 462 g/mol. The number of benzene rings is 2. The van der Waals surface area contributed by atoms with Gasteiger partial charge in [0.25, 0.3) is 0 Å². The molecule has 2 N–H and O–H groups in total. The standard InChI is InChI=1S/C22H26N2O7S/c1-2-29-22(26)16-6-8-17(9-7-16)24-21(25)5-3-12-23-32(27,28)18-10-11-19-20(15-18)31-14-4-13-30-19/h6-11,15,23H,2-5,12-14H2,1H3,(H,24,25). The fourth-order valence-corrected chi connectivity index (χ4v) is 4.07. The number of amides is 1. The first-order valence-electron chi connectivity index (χ1n) is 10.4. The number of rotatable bonds is 9. The highest BCUT2D eigenvalue weighted by atomic mass is 32.2. The molecule has 10 heteroatoms. The van der Waals surface area contributed by atoms with Crippen LogP contribution in [0, 0.1) is 0 Å². The van der Waals surface area contributed by atoms with Crippen molar-refractivity contribution in [3.05, 3.63) is 48.0 Å². The molecule has 0 saturated heterocycles. The Labute approximate surface area is 187 Å². The summed E-state index contributed by atoms with van der Waals surface area (Å²) in [6, 6.07) is 10.8. The highest BCUT2D eigenvalue weighted by Gasteiger charge is 2.18. The van der Waals surface area contributed by atoms with Crippen molar-refractivity contribution in [1.82, 2.24) is 4.72 Å². The van der Waals surface area contributed by atoms with E-state index in [0.717, 1.165) is 6.42 Å². The number of hydrogen-bond acceptors (Lipinski definition) is 7. The van der Waals surface area contributed by atoms with Gasteiger partial charge in [-0.25, -0.2) is 17.9 Å². The Hall–Kier alpha value is -3.11. The summed E-state index contributed by atoms with van der Waals surface area (Å²) >= 11 is 0. The highest BCUT2D eigenvalue weighted by molar-refractivity contribution is 7.89. The Morgan fingerprint density at radius 1 is 1.03 bits per heavy atom. The molecular formula is C22H26N2O7S. The van der Waals surface area contributed by atoms with Crippen LogP contribution in [0.1, 0.15) is 36.5 Å². The van der Waals surface area contributed by atoms with Gasteiger partial charge in [-0.05, 0) is 49.7 Å². The summed E-state index contributed by atoms with van der Waals surface area (Å²) in [5.41, 5.74) is 0.935. The molecule has 1 aliphatic rings. The Balaban J connectivity index is 1.45. The van der Waals surface area contributed by atoms with E-state index in [0.29, 0.717) is 42.4 Å². The van der Waals surface area contributed by atoms with Crippen molar-refractivity contribution in [1.29, 1.82) is 0 Å². The summed E-state index contributed by atoms with van der Waals surface area (Å²) in [4.78, 5) is 23.8. The van der Waals surface area contributed by atoms with Gasteiger partial charge in [0.15, 0.2) is 11.5 Å². The summed E-state index contributed by atoms with van der Waals surface area (Å²) in [6.07, 6.45) is 1.17. The Bertz CT molecular complexity index is 1050. The van der Waals surface area contributed by atoms with E-state index in [9.17, 15) is 18.0 Å². The van der Waals surface area contributed by atoms with Crippen LogP contribution in [-0.4, -0.2) is 46.7 Å². The maximum Gasteiger partial charge on any atom is 0.338 e. The second kappa shape index (κ2) is 11.0. The predicted octanol–water partition coefficient (Wildman–Crippen LogP) is 2.72. The minimum absolute atomic E-state index is 0.0768. The molecule has 1 heterocycles. The van der Waals surface area contributed by atoms with E-state index in [1.54, 1.807) is 37.3 Å². The third kappa shape index (κ3) is 6.44. The second-order valence-corrected chi connectivity index (χ2v) is 8.77. The summed E-state index contributed by atoms with van der Waals surface area (Å²) in [5, 5.41) is 2.71. The van der Waals surface area contributed by atoms with Gasteiger partial charge in [-0.15, -0.1) is 0 Å². The van der Waals surface area contributed by atoms with Crippen LogP contribution in [0.2, 0.25) is 0 Å². The molecule has 0 saturated carbocycles. The molecule has 0 aromatic heterocycles. The third-order valence-electron chi connectivity index (χ3n) is 4.58. The van der Waals surface area contributed by atoms with Gasteiger partial charge in [0, 0.05) is 31.1 Å². The van der Waals surface area contributed by atoms with E-state index in [4.69, 9.17) is 14.2 Å². The quantitative estimate of drug-likeness (QED) is 0.434. The number of nitrogens with one attached hydrogen (secondary N) is 2. The minimum Gasteiger partial charge on any atom is -0.490 e. The number of carbonyl (C=O) groups excluding carboxylic acids is 2. The van der Waals surface area contributed by atoms with Gasteiger partial charge in [-0.2, -0.15) is 0 Å². The lowest BCUT2D eigenvalue weighted by Gasteiger charge is -2.11. The topological polar surface area (TPSA) is 120 Å². The third-order valence-corrected chi connectivity index (χ3v) is 6.04. The van der Waals surface area contributed by atoms with Crippen LogP contribution in [0.5, 0.6) is 11.5 Å². The first-order chi connectivity index (χ1) is 15.4. The lowest BCUT2D eigenvalue weighted by molar-refractivity contribution is -0.116. The molecule has 0 fully saturated rings. The molecule has 0 unspecified atom stereocenters. The Morgan fingerprint density at radius 3 is 2.47 bits per heavy atom. The van der Waals surface area contributed by atoms with Crippen molar-refractivity contribution in [2.45, 2.75) is 31.1 Å². The van der Waals surface area contributed by atoms with Crippen molar-refractivity contribution in [3.8, 4) is 11.5 Å². The van der Waals surface area contributed by atoms with Crippen LogP contribution in [0.4, 0.5) is 5.69 Å². The van der Waals surface area contributed by atoms with Crippen molar-refractivity contribution in [2.75, 3.05) is 31.7 Å². The van der Waals surface area contributed by atoms with Gasteiger partial charge in [0.1, 0.15) is 0 Å². The van der Waals surface area contributed by atoms with Crippen molar-refractivity contribution in [2.24, 2.45) is 0 Å². The van der Waals surface area contributed by atoms with Crippen LogP contribution in [0.15, 0.2) is 47.4 Å². The molecule has 3 rings (SSSR count).